The molecule has 0 N–H and O–H groups in total. The third-order valence-electron chi connectivity index (χ3n) is 1.57. The Morgan fingerprint density at radius 1 is 1.42 bits per heavy atom. The van der Waals surface area contributed by atoms with Crippen molar-refractivity contribution in [2.45, 2.75) is 12.7 Å². The highest BCUT2D eigenvalue weighted by atomic mass is 79.9. The summed E-state index contributed by atoms with van der Waals surface area (Å²) >= 11 is 5.38. The normalized spacial score (nSPS) is 10.2. The SMILES string of the molecule is Cc1cccc(CSCCBr)c1. The van der Waals surface area contributed by atoms with Gasteiger partial charge in [0.2, 0.25) is 0 Å². The number of halogens is 1. The molecule has 0 aromatic heterocycles. The summed E-state index contributed by atoms with van der Waals surface area (Å²) in [5, 5.41) is 1.09. The van der Waals surface area contributed by atoms with E-state index in [9.17, 15) is 0 Å². The summed E-state index contributed by atoms with van der Waals surface area (Å²) < 4.78 is 0. The van der Waals surface area contributed by atoms with Crippen LogP contribution in [0.5, 0.6) is 0 Å². The molecule has 0 atom stereocenters. The zero-order valence-electron chi connectivity index (χ0n) is 7.22. The van der Waals surface area contributed by atoms with Crippen LogP contribution in [0.25, 0.3) is 0 Å². The Morgan fingerprint density at radius 2 is 2.25 bits per heavy atom. The molecule has 0 saturated heterocycles. The second kappa shape index (κ2) is 5.65. The molecule has 0 aliphatic rings. The van der Waals surface area contributed by atoms with Gasteiger partial charge in [0.1, 0.15) is 0 Å². The predicted octanol–water partition coefficient (Wildman–Crippen LogP) is 3.62. The van der Waals surface area contributed by atoms with Gasteiger partial charge in [-0.1, -0.05) is 45.8 Å². The first-order chi connectivity index (χ1) is 5.83. The van der Waals surface area contributed by atoms with E-state index in [-0.39, 0.29) is 0 Å². The fourth-order valence-corrected chi connectivity index (χ4v) is 2.40. The van der Waals surface area contributed by atoms with Gasteiger partial charge in [-0.2, -0.15) is 11.8 Å². The molecule has 0 fully saturated rings. The molecular weight excluding hydrogens is 232 g/mol. The molecule has 0 aliphatic heterocycles. The molecule has 1 aromatic rings. The lowest BCUT2D eigenvalue weighted by molar-refractivity contribution is 1.35. The van der Waals surface area contributed by atoms with Gasteiger partial charge in [0, 0.05) is 16.8 Å². The largest absolute Gasteiger partial charge is 0.156 e. The van der Waals surface area contributed by atoms with Gasteiger partial charge in [0.15, 0.2) is 0 Å². The molecule has 1 aromatic carbocycles. The van der Waals surface area contributed by atoms with Crippen molar-refractivity contribution >= 4 is 27.7 Å². The third kappa shape index (κ3) is 3.63. The Hall–Kier alpha value is 0.0500. The molecule has 0 saturated carbocycles. The number of hydrogen-bond donors (Lipinski definition) is 0. The number of hydrogen-bond acceptors (Lipinski definition) is 1. The van der Waals surface area contributed by atoms with Gasteiger partial charge in [0.05, 0.1) is 0 Å². The van der Waals surface area contributed by atoms with Crippen LogP contribution in [0.1, 0.15) is 11.1 Å². The monoisotopic (exact) mass is 244 g/mol. The van der Waals surface area contributed by atoms with Gasteiger partial charge in [-0.15, -0.1) is 0 Å². The van der Waals surface area contributed by atoms with E-state index < -0.39 is 0 Å². The van der Waals surface area contributed by atoms with Gasteiger partial charge in [0.25, 0.3) is 0 Å². The number of alkyl halides is 1. The summed E-state index contributed by atoms with van der Waals surface area (Å²) in [5.41, 5.74) is 2.79. The quantitative estimate of drug-likeness (QED) is 0.576. The topological polar surface area (TPSA) is 0 Å². The van der Waals surface area contributed by atoms with Crippen LogP contribution in [-0.4, -0.2) is 11.1 Å². The van der Waals surface area contributed by atoms with E-state index >= 15 is 0 Å². The number of aryl methyl sites for hydroxylation is 1. The van der Waals surface area contributed by atoms with Crippen molar-refractivity contribution in [3.8, 4) is 0 Å². The summed E-state index contributed by atoms with van der Waals surface area (Å²) in [6, 6.07) is 8.70. The summed E-state index contributed by atoms with van der Waals surface area (Å²) in [6.07, 6.45) is 0. The minimum Gasteiger partial charge on any atom is -0.156 e. The van der Waals surface area contributed by atoms with Crippen LogP contribution in [0.4, 0.5) is 0 Å². The van der Waals surface area contributed by atoms with Gasteiger partial charge in [-0.25, -0.2) is 0 Å². The molecule has 66 valence electrons. The van der Waals surface area contributed by atoms with E-state index in [1.54, 1.807) is 0 Å². The second-order valence-electron chi connectivity index (χ2n) is 2.73. The van der Waals surface area contributed by atoms with Crippen LogP contribution in [0.15, 0.2) is 24.3 Å². The fourth-order valence-electron chi connectivity index (χ4n) is 1.05. The Kier molecular flexibility index (Phi) is 4.77. The summed E-state index contributed by atoms with van der Waals surface area (Å²) in [5.74, 6) is 2.32. The maximum Gasteiger partial charge on any atom is 0.0184 e. The summed E-state index contributed by atoms with van der Waals surface area (Å²) in [7, 11) is 0. The van der Waals surface area contributed by atoms with Crippen LogP contribution in [0.3, 0.4) is 0 Å². The minimum atomic E-state index is 1.09. The van der Waals surface area contributed by atoms with Crippen molar-refractivity contribution < 1.29 is 0 Å². The molecule has 0 aliphatic carbocycles. The van der Waals surface area contributed by atoms with Crippen LogP contribution in [-0.2, 0) is 5.75 Å². The lowest BCUT2D eigenvalue weighted by Crippen LogP contribution is -1.84. The van der Waals surface area contributed by atoms with E-state index in [1.807, 2.05) is 11.8 Å². The van der Waals surface area contributed by atoms with Crippen molar-refractivity contribution in [2.75, 3.05) is 11.1 Å². The smallest absolute Gasteiger partial charge is 0.0184 e. The zero-order valence-corrected chi connectivity index (χ0v) is 9.62. The molecular formula is C10H13BrS. The van der Waals surface area contributed by atoms with E-state index in [0.29, 0.717) is 0 Å². The maximum absolute atomic E-state index is 3.42. The Morgan fingerprint density at radius 3 is 2.92 bits per heavy atom. The van der Waals surface area contributed by atoms with E-state index in [0.717, 1.165) is 11.1 Å². The van der Waals surface area contributed by atoms with E-state index in [4.69, 9.17) is 0 Å². The molecule has 0 spiro atoms. The lowest BCUT2D eigenvalue weighted by Gasteiger charge is -2.00. The minimum absolute atomic E-state index is 1.09. The maximum atomic E-state index is 3.42. The fraction of sp³-hybridized carbons (Fsp3) is 0.400. The zero-order chi connectivity index (χ0) is 8.81. The van der Waals surface area contributed by atoms with Gasteiger partial charge >= 0.3 is 0 Å². The van der Waals surface area contributed by atoms with Crippen LogP contribution in [0, 0.1) is 6.92 Å². The average Bonchev–Trinajstić information content (AvgIpc) is 2.05. The van der Waals surface area contributed by atoms with Crippen molar-refractivity contribution in [1.82, 2.24) is 0 Å². The van der Waals surface area contributed by atoms with Crippen molar-refractivity contribution in [1.29, 1.82) is 0 Å². The first-order valence-corrected chi connectivity index (χ1v) is 6.30. The third-order valence-corrected chi connectivity index (χ3v) is 3.52. The van der Waals surface area contributed by atoms with Gasteiger partial charge in [-0.05, 0) is 12.5 Å². The molecule has 0 radical (unpaired) electrons. The first kappa shape index (κ1) is 10.1. The standard InChI is InChI=1S/C10H13BrS/c1-9-3-2-4-10(7-9)8-12-6-5-11/h2-4,7H,5-6,8H2,1H3. The highest BCUT2D eigenvalue weighted by molar-refractivity contribution is 9.09. The molecule has 0 nitrogen and oxygen atoms in total. The average molecular weight is 245 g/mol. The van der Waals surface area contributed by atoms with Crippen LogP contribution >= 0.6 is 27.7 Å². The molecule has 0 heterocycles. The molecule has 0 amide bonds. The van der Waals surface area contributed by atoms with Gasteiger partial charge < -0.3 is 0 Å². The molecule has 0 unspecified atom stereocenters. The van der Waals surface area contributed by atoms with Crippen LogP contribution < -0.4 is 0 Å². The van der Waals surface area contributed by atoms with Crippen molar-refractivity contribution in [2.24, 2.45) is 0 Å². The van der Waals surface area contributed by atoms with Gasteiger partial charge in [-0.3, -0.25) is 0 Å². The molecule has 0 bridgehead atoms. The number of benzene rings is 1. The number of thioether (sulfide) groups is 1. The van der Waals surface area contributed by atoms with Crippen molar-refractivity contribution in [3.05, 3.63) is 35.4 Å². The highest BCUT2D eigenvalue weighted by Gasteiger charge is 1.92. The molecule has 1 rings (SSSR count). The van der Waals surface area contributed by atoms with Crippen molar-refractivity contribution in [3.63, 3.8) is 0 Å². The Balaban J connectivity index is 2.41. The Bertz CT molecular complexity index is 235. The Labute approximate surface area is 86.9 Å². The highest BCUT2D eigenvalue weighted by Crippen LogP contribution is 2.13. The van der Waals surface area contributed by atoms with Crippen LogP contribution in [0.2, 0.25) is 0 Å². The molecule has 2 heteroatoms. The summed E-state index contributed by atoms with van der Waals surface area (Å²) in [6.45, 7) is 2.14. The second-order valence-corrected chi connectivity index (χ2v) is 4.63. The summed E-state index contributed by atoms with van der Waals surface area (Å²) in [4.78, 5) is 0. The lowest BCUT2D eigenvalue weighted by atomic mass is 10.2. The van der Waals surface area contributed by atoms with E-state index in [1.165, 1.54) is 16.9 Å². The number of rotatable bonds is 4. The van der Waals surface area contributed by atoms with E-state index in [2.05, 4.69) is 47.1 Å². The predicted molar refractivity (Wildman–Crippen MR) is 61.1 cm³/mol. The molecule has 12 heavy (non-hydrogen) atoms. The first-order valence-electron chi connectivity index (χ1n) is 4.02.